The summed E-state index contributed by atoms with van der Waals surface area (Å²) in [5.74, 6) is -1.60. The molecule has 0 bridgehead atoms. The molecule has 0 aromatic heterocycles. The van der Waals surface area contributed by atoms with Gasteiger partial charge in [0.15, 0.2) is 0 Å². The Hall–Kier alpha value is -3.10. The van der Waals surface area contributed by atoms with Gasteiger partial charge in [0, 0.05) is 5.54 Å². The zero-order valence-corrected chi connectivity index (χ0v) is 20.9. The Labute approximate surface area is 196 Å². The number of nitrogens with zero attached hydrogens (tertiary/aromatic N) is 1. The highest BCUT2D eigenvalue weighted by Crippen LogP contribution is 2.31. The van der Waals surface area contributed by atoms with Gasteiger partial charge >= 0.3 is 12.1 Å². The quantitative estimate of drug-likeness (QED) is 0.545. The molecule has 9 heteroatoms. The highest BCUT2D eigenvalue weighted by molar-refractivity contribution is 5.92. The van der Waals surface area contributed by atoms with Gasteiger partial charge in [-0.25, -0.2) is 4.79 Å². The largest absolute Gasteiger partial charge is 0.468 e. The predicted molar refractivity (Wildman–Crippen MR) is 124 cm³/mol. The van der Waals surface area contributed by atoms with Crippen molar-refractivity contribution in [3.63, 3.8) is 0 Å². The molecule has 0 fully saturated rings. The van der Waals surface area contributed by atoms with Crippen LogP contribution in [0.15, 0.2) is 24.3 Å². The van der Waals surface area contributed by atoms with Crippen LogP contribution in [0, 0.1) is 6.92 Å². The monoisotopic (exact) mass is 463 g/mol. The number of rotatable bonds is 9. The molecular formula is C24H37N3O6. The summed E-state index contributed by atoms with van der Waals surface area (Å²) < 4.78 is 9.82. The number of amides is 3. The van der Waals surface area contributed by atoms with Crippen LogP contribution >= 0.6 is 0 Å². The number of carbonyl (C=O) groups excluding carboxylic acids is 4. The minimum absolute atomic E-state index is 0.331. The molecule has 184 valence electrons. The molecule has 9 nitrogen and oxygen atoms in total. The second-order valence-electron chi connectivity index (χ2n) is 9.40. The van der Waals surface area contributed by atoms with Gasteiger partial charge in [-0.1, -0.05) is 36.8 Å². The lowest BCUT2D eigenvalue weighted by atomic mass is 9.92. The molecule has 0 saturated carbocycles. The lowest BCUT2D eigenvalue weighted by molar-refractivity contribution is -0.148. The van der Waals surface area contributed by atoms with Crippen molar-refractivity contribution in [2.24, 2.45) is 0 Å². The molecule has 1 rings (SSSR count). The first kappa shape index (κ1) is 27.9. The van der Waals surface area contributed by atoms with Gasteiger partial charge in [0.25, 0.3) is 0 Å². The number of esters is 1. The Bertz CT molecular complexity index is 860. The van der Waals surface area contributed by atoms with E-state index in [2.05, 4.69) is 15.4 Å². The first-order valence-electron chi connectivity index (χ1n) is 10.9. The molecule has 1 atom stereocenters. The summed E-state index contributed by atoms with van der Waals surface area (Å²) in [7, 11) is 1.23. The minimum atomic E-state index is -1.03. The van der Waals surface area contributed by atoms with E-state index in [0.29, 0.717) is 12.0 Å². The molecule has 0 aliphatic carbocycles. The summed E-state index contributed by atoms with van der Waals surface area (Å²) in [6.45, 7) is 12.0. The molecule has 0 aliphatic heterocycles. The summed E-state index contributed by atoms with van der Waals surface area (Å²) in [4.78, 5) is 51.8. The predicted octanol–water partition coefficient (Wildman–Crippen LogP) is 2.87. The maximum absolute atomic E-state index is 13.4. The standard InChI is InChI=1S/C24H37N3O6/c1-9-24(6,7)27(18(28)14-26-22(31)33-23(3,4)5)20(17-12-10-11-16(2)13-17)21(30)25-15-19(29)32-8/h10-13,20H,9,14-15H2,1-8H3,(H,25,30)(H,26,31). The van der Waals surface area contributed by atoms with Crippen LogP contribution in [0.2, 0.25) is 0 Å². The van der Waals surface area contributed by atoms with Crippen LogP contribution in [0.3, 0.4) is 0 Å². The summed E-state index contributed by atoms with van der Waals surface area (Å²) in [6.07, 6.45) is -0.190. The first-order chi connectivity index (χ1) is 15.2. The van der Waals surface area contributed by atoms with E-state index in [0.717, 1.165) is 5.56 Å². The smallest absolute Gasteiger partial charge is 0.408 e. The number of benzene rings is 1. The van der Waals surface area contributed by atoms with E-state index in [4.69, 9.17) is 4.74 Å². The van der Waals surface area contributed by atoms with Gasteiger partial charge in [0.1, 0.15) is 24.7 Å². The molecule has 1 aromatic rings. The fourth-order valence-corrected chi connectivity index (χ4v) is 3.13. The molecule has 0 aliphatic rings. The van der Waals surface area contributed by atoms with Gasteiger partial charge < -0.3 is 25.0 Å². The average molecular weight is 464 g/mol. The second-order valence-corrected chi connectivity index (χ2v) is 9.40. The number of aryl methyl sites for hydroxylation is 1. The molecule has 1 aromatic carbocycles. The highest BCUT2D eigenvalue weighted by atomic mass is 16.6. The Morgan fingerprint density at radius 2 is 1.67 bits per heavy atom. The van der Waals surface area contributed by atoms with Crippen LogP contribution in [0.4, 0.5) is 4.79 Å². The molecule has 0 radical (unpaired) electrons. The maximum Gasteiger partial charge on any atom is 0.408 e. The lowest BCUT2D eigenvalue weighted by Gasteiger charge is -2.43. The van der Waals surface area contributed by atoms with E-state index in [1.54, 1.807) is 32.9 Å². The molecule has 0 heterocycles. The van der Waals surface area contributed by atoms with Gasteiger partial charge in [-0.05, 0) is 53.5 Å². The number of alkyl carbamates (subject to hydrolysis) is 1. The van der Waals surface area contributed by atoms with Gasteiger partial charge in [-0.15, -0.1) is 0 Å². The SMILES string of the molecule is CCC(C)(C)N(C(=O)CNC(=O)OC(C)(C)C)C(C(=O)NCC(=O)OC)c1cccc(C)c1. The lowest BCUT2D eigenvalue weighted by Crippen LogP contribution is -2.56. The highest BCUT2D eigenvalue weighted by Gasteiger charge is 2.40. The van der Waals surface area contributed by atoms with Crippen LogP contribution < -0.4 is 10.6 Å². The van der Waals surface area contributed by atoms with E-state index in [-0.39, 0.29) is 13.1 Å². The zero-order valence-electron chi connectivity index (χ0n) is 20.9. The Morgan fingerprint density at radius 3 is 2.18 bits per heavy atom. The van der Waals surface area contributed by atoms with Gasteiger partial charge in [0.05, 0.1) is 7.11 Å². The topological polar surface area (TPSA) is 114 Å². The van der Waals surface area contributed by atoms with Crippen LogP contribution in [0.5, 0.6) is 0 Å². The van der Waals surface area contributed by atoms with Crippen LogP contribution in [-0.4, -0.2) is 60.1 Å². The third kappa shape index (κ3) is 8.75. The minimum Gasteiger partial charge on any atom is -0.468 e. The number of hydrogen-bond donors (Lipinski definition) is 2. The summed E-state index contributed by atoms with van der Waals surface area (Å²) in [6, 6.07) is 6.22. The molecule has 1 unspecified atom stereocenters. The van der Waals surface area contributed by atoms with Gasteiger partial charge in [0.2, 0.25) is 11.8 Å². The fourth-order valence-electron chi connectivity index (χ4n) is 3.13. The molecule has 0 saturated heterocycles. The van der Waals surface area contributed by atoms with Crippen LogP contribution in [0.25, 0.3) is 0 Å². The van der Waals surface area contributed by atoms with E-state index < -0.39 is 41.1 Å². The van der Waals surface area contributed by atoms with Crippen molar-refractivity contribution in [1.29, 1.82) is 0 Å². The average Bonchev–Trinajstić information content (AvgIpc) is 2.72. The summed E-state index contributed by atoms with van der Waals surface area (Å²) in [5.41, 5.74) is 0.0354. The maximum atomic E-state index is 13.4. The number of carbonyl (C=O) groups is 4. The normalized spacial score (nSPS) is 12.4. The fraction of sp³-hybridized carbons (Fsp3) is 0.583. The third-order valence-electron chi connectivity index (χ3n) is 5.07. The van der Waals surface area contributed by atoms with Crippen LogP contribution in [0.1, 0.15) is 65.1 Å². The number of hydrogen-bond acceptors (Lipinski definition) is 6. The van der Waals surface area contributed by atoms with E-state index in [9.17, 15) is 19.2 Å². The van der Waals surface area contributed by atoms with E-state index in [1.165, 1.54) is 12.0 Å². The Morgan fingerprint density at radius 1 is 1.03 bits per heavy atom. The molecule has 33 heavy (non-hydrogen) atoms. The molecule has 3 amide bonds. The van der Waals surface area contributed by atoms with Crippen molar-refractivity contribution in [1.82, 2.24) is 15.5 Å². The number of nitrogens with one attached hydrogen (secondary N) is 2. The summed E-state index contributed by atoms with van der Waals surface area (Å²) in [5, 5.41) is 5.03. The Kier molecular flexibility index (Phi) is 9.88. The van der Waals surface area contributed by atoms with Gasteiger partial charge in [-0.2, -0.15) is 0 Å². The van der Waals surface area contributed by atoms with Crippen molar-refractivity contribution >= 4 is 23.9 Å². The van der Waals surface area contributed by atoms with Crippen molar-refractivity contribution in [2.45, 2.75) is 72.1 Å². The second kappa shape index (κ2) is 11.7. The number of methoxy groups -OCH3 is 1. The van der Waals surface area contributed by atoms with Crippen LogP contribution in [-0.2, 0) is 23.9 Å². The van der Waals surface area contributed by atoms with Crippen molar-refractivity contribution in [2.75, 3.05) is 20.2 Å². The first-order valence-corrected chi connectivity index (χ1v) is 10.9. The Balaban J connectivity index is 3.33. The van der Waals surface area contributed by atoms with Crippen molar-refractivity contribution < 1.29 is 28.7 Å². The zero-order chi connectivity index (χ0) is 25.4. The summed E-state index contributed by atoms with van der Waals surface area (Å²) >= 11 is 0. The molecule has 2 N–H and O–H groups in total. The van der Waals surface area contributed by atoms with Crippen molar-refractivity contribution in [3.05, 3.63) is 35.4 Å². The van der Waals surface area contributed by atoms with Crippen molar-refractivity contribution in [3.8, 4) is 0 Å². The molecular weight excluding hydrogens is 426 g/mol. The van der Waals surface area contributed by atoms with Gasteiger partial charge in [-0.3, -0.25) is 14.4 Å². The number of ether oxygens (including phenoxy) is 2. The third-order valence-corrected chi connectivity index (χ3v) is 5.07. The van der Waals surface area contributed by atoms with E-state index >= 15 is 0 Å². The molecule has 0 spiro atoms. The van der Waals surface area contributed by atoms with E-state index in [1.807, 2.05) is 39.8 Å².